The Hall–Kier alpha value is -1.65. The Labute approximate surface area is 68.5 Å². The average molecular weight is 169 g/mol. The largest absolute Gasteiger partial charge is 0.409 e. The van der Waals surface area contributed by atoms with Gasteiger partial charge in [-0.3, -0.25) is 0 Å². The van der Waals surface area contributed by atoms with Gasteiger partial charge in [-0.25, -0.2) is 9.37 Å². The number of rotatable bonds is 1. The minimum Gasteiger partial charge on any atom is -0.409 e. The second kappa shape index (κ2) is 3.17. The fourth-order valence-electron chi connectivity index (χ4n) is 0.809. The van der Waals surface area contributed by atoms with Gasteiger partial charge in [-0.1, -0.05) is 5.16 Å². The zero-order valence-electron chi connectivity index (χ0n) is 6.45. The van der Waals surface area contributed by atoms with Gasteiger partial charge in [0.25, 0.3) is 0 Å². The van der Waals surface area contributed by atoms with Crippen LogP contribution in [0, 0.1) is 12.7 Å². The van der Waals surface area contributed by atoms with E-state index < -0.39 is 5.82 Å². The van der Waals surface area contributed by atoms with Crippen LogP contribution < -0.4 is 5.73 Å². The van der Waals surface area contributed by atoms with E-state index in [1.165, 1.54) is 6.07 Å². The van der Waals surface area contributed by atoms with E-state index in [4.69, 9.17) is 10.9 Å². The molecule has 64 valence electrons. The number of aromatic nitrogens is 1. The van der Waals surface area contributed by atoms with E-state index in [9.17, 15) is 4.39 Å². The summed E-state index contributed by atoms with van der Waals surface area (Å²) < 4.78 is 12.7. The van der Waals surface area contributed by atoms with Gasteiger partial charge in [0.1, 0.15) is 11.5 Å². The number of nitrogens with two attached hydrogens (primary N) is 1. The molecule has 0 radical (unpaired) electrons. The van der Waals surface area contributed by atoms with Crippen molar-refractivity contribution in [3.05, 3.63) is 29.3 Å². The summed E-state index contributed by atoms with van der Waals surface area (Å²) in [7, 11) is 0. The summed E-state index contributed by atoms with van der Waals surface area (Å²) in [5.74, 6) is -0.651. The molecule has 5 heteroatoms. The molecule has 0 aliphatic heterocycles. The third kappa shape index (κ3) is 1.69. The van der Waals surface area contributed by atoms with Crippen molar-refractivity contribution < 1.29 is 9.60 Å². The summed E-state index contributed by atoms with van der Waals surface area (Å²) in [5, 5.41) is 11.0. The number of pyridine rings is 1. The lowest BCUT2D eigenvalue weighted by Crippen LogP contribution is -2.15. The van der Waals surface area contributed by atoms with E-state index >= 15 is 0 Å². The van der Waals surface area contributed by atoms with Crippen LogP contribution in [0.5, 0.6) is 0 Å². The molecular formula is C7H8FN3O. The number of amidine groups is 1. The van der Waals surface area contributed by atoms with Crippen molar-refractivity contribution in [1.29, 1.82) is 0 Å². The lowest BCUT2D eigenvalue weighted by Gasteiger charge is -1.99. The number of hydrogen-bond acceptors (Lipinski definition) is 3. The van der Waals surface area contributed by atoms with Crippen molar-refractivity contribution in [2.45, 2.75) is 6.92 Å². The Morgan fingerprint density at radius 1 is 1.67 bits per heavy atom. The van der Waals surface area contributed by atoms with Gasteiger partial charge >= 0.3 is 0 Å². The van der Waals surface area contributed by atoms with Gasteiger partial charge in [0, 0.05) is 11.8 Å². The van der Waals surface area contributed by atoms with E-state index in [1.807, 2.05) is 0 Å². The molecule has 0 atom stereocenters. The molecule has 1 aromatic heterocycles. The van der Waals surface area contributed by atoms with E-state index in [2.05, 4.69) is 10.1 Å². The molecule has 12 heavy (non-hydrogen) atoms. The molecule has 0 aromatic carbocycles. The van der Waals surface area contributed by atoms with Crippen molar-refractivity contribution in [3.8, 4) is 0 Å². The summed E-state index contributed by atoms with van der Waals surface area (Å²) in [6.07, 6.45) is 0. The summed E-state index contributed by atoms with van der Waals surface area (Å²) in [6, 6.07) is 2.36. The monoisotopic (exact) mass is 169 g/mol. The van der Waals surface area contributed by atoms with Gasteiger partial charge in [-0.15, -0.1) is 0 Å². The Kier molecular flexibility index (Phi) is 2.23. The van der Waals surface area contributed by atoms with Crippen LogP contribution in [0.3, 0.4) is 0 Å². The lowest BCUT2D eigenvalue weighted by atomic mass is 10.3. The Bertz CT molecular complexity index is 304. The highest BCUT2D eigenvalue weighted by atomic mass is 19.1. The van der Waals surface area contributed by atoms with Gasteiger partial charge in [-0.2, -0.15) is 0 Å². The predicted molar refractivity (Wildman–Crippen MR) is 41.4 cm³/mol. The fraction of sp³-hybridized carbons (Fsp3) is 0.143. The minimum absolute atomic E-state index is 0.134. The molecule has 0 aliphatic carbocycles. The zero-order valence-corrected chi connectivity index (χ0v) is 6.45. The second-order valence-corrected chi connectivity index (χ2v) is 2.30. The molecule has 0 bridgehead atoms. The number of oxime groups is 1. The molecule has 1 rings (SSSR count). The van der Waals surface area contributed by atoms with Crippen LogP contribution in [0.25, 0.3) is 0 Å². The number of aryl methyl sites for hydroxylation is 1. The molecule has 0 amide bonds. The van der Waals surface area contributed by atoms with Crippen molar-refractivity contribution in [1.82, 2.24) is 4.98 Å². The summed E-state index contributed by atoms with van der Waals surface area (Å²) in [6.45, 7) is 1.62. The highest BCUT2D eigenvalue weighted by Gasteiger charge is 2.03. The average Bonchev–Trinajstić information content (AvgIpc) is 2.01. The van der Waals surface area contributed by atoms with Crippen LogP contribution in [0.2, 0.25) is 0 Å². The van der Waals surface area contributed by atoms with Crippen LogP contribution in [0.4, 0.5) is 4.39 Å². The second-order valence-electron chi connectivity index (χ2n) is 2.30. The molecular weight excluding hydrogens is 161 g/mol. The van der Waals surface area contributed by atoms with Crippen LogP contribution in [-0.2, 0) is 0 Å². The molecule has 0 saturated heterocycles. The first kappa shape index (κ1) is 8.45. The SMILES string of the molecule is Cc1cc(F)cc(/C(N)=N/O)n1. The zero-order chi connectivity index (χ0) is 9.14. The van der Waals surface area contributed by atoms with Gasteiger partial charge in [0.15, 0.2) is 5.84 Å². The standard InChI is InChI=1S/C7H8FN3O/c1-4-2-5(8)3-6(10-4)7(9)11-12/h2-3,12H,1H3,(H2,9,11). The van der Waals surface area contributed by atoms with E-state index in [1.54, 1.807) is 6.92 Å². The van der Waals surface area contributed by atoms with Crippen LogP contribution in [-0.4, -0.2) is 16.0 Å². The van der Waals surface area contributed by atoms with E-state index in [0.717, 1.165) is 6.07 Å². The first-order valence-electron chi connectivity index (χ1n) is 3.25. The first-order chi connectivity index (χ1) is 5.63. The molecule has 0 unspecified atom stereocenters. The number of nitrogens with zero attached hydrogens (tertiary/aromatic N) is 2. The van der Waals surface area contributed by atoms with Crippen molar-refractivity contribution in [2.24, 2.45) is 10.9 Å². The van der Waals surface area contributed by atoms with Crippen molar-refractivity contribution in [3.63, 3.8) is 0 Å². The molecule has 0 aliphatic rings. The van der Waals surface area contributed by atoms with Gasteiger partial charge in [0.2, 0.25) is 0 Å². The highest BCUT2D eigenvalue weighted by Crippen LogP contribution is 2.02. The maximum Gasteiger partial charge on any atom is 0.188 e. The molecule has 0 fully saturated rings. The van der Waals surface area contributed by atoms with Crippen LogP contribution in [0.15, 0.2) is 17.3 Å². The normalized spacial score (nSPS) is 11.7. The van der Waals surface area contributed by atoms with Gasteiger partial charge in [0.05, 0.1) is 0 Å². The topological polar surface area (TPSA) is 71.5 Å². The third-order valence-electron chi connectivity index (χ3n) is 1.29. The summed E-state index contributed by atoms with van der Waals surface area (Å²) in [5.41, 5.74) is 5.82. The van der Waals surface area contributed by atoms with Crippen molar-refractivity contribution in [2.75, 3.05) is 0 Å². The Morgan fingerprint density at radius 3 is 2.83 bits per heavy atom. The quantitative estimate of drug-likeness (QED) is 0.280. The minimum atomic E-state index is -0.455. The first-order valence-corrected chi connectivity index (χ1v) is 3.25. The molecule has 1 heterocycles. The van der Waals surface area contributed by atoms with Crippen LogP contribution in [0.1, 0.15) is 11.4 Å². The van der Waals surface area contributed by atoms with E-state index in [-0.39, 0.29) is 11.5 Å². The third-order valence-corrected chi connectivity index (χ3v) is 1.29. The Morgan fingerprint density at radius 2 is 2.33 bits per heavy atom. The number of halogens is 1. The molecule has 1 aromatic rings. The fourth-order valence-corrected chi connectivity index (χ4v) is 0.809. The lowest BCUT2D eigenvalue weighted by molar-refractivity contribution is 0.318. The van der Waals surface area contributed by atoms with Crippen LogP contribution >= 0.6 is 0 Å². The van der Waals surface area contributed by atoms with E-state index in [0.29, 0.717) is 5.69 Å². The Balaban J connectivity index is 3.17. The van der Waals surface area contributed by atoms with Crippen molar-refractivity contribution >= 4 is 5.84 Å². The summed E-state index contributed by atoms with van der Waals surface area (Å²) in [4.78, 5) is 3.85. The highest BCUT2D eigenvalue weighted by molar-refractivity contribution is 5.95. The van der Waals surface area contributed by atoms with Gasteiger partial charge in [-0.05, 0) is 13.0 Å². The maximum atomic E-state index is 12.7. The maximum absolute atomic E-state index is 12.7. The molecule has 0 spiro atoms. The molecule has 4 nitrogen and oxygen atoms in total. The van der Waals surface area contributed by atoms with Gasteiger partial charge < -0.3 is 10.9 Å². The number of hydrogen-bond donors (Lipinski definition) is 2. The summed E-state index contributed by atoms with van der Waals surface area (Å²) >= 11 is 0. The molecule has 3 N–H and O–H groups in total. The molecule has 0 saturated carbocycles. The smallest absolute Gasteiger partial charge is 0.188 e. The predicted octanol–water partition coefficient (Wildman–Crippen LogP) is 0.624.